The van der Waals surface area contributed by atoms with E-state index in [-0.39, 0.29) is 17.7 Å². The predicted molar refractivity (Wildman–Crippen MR) is 108 cm³/mol. The van der Waals surface area contributed by atoms with Gasteiger partial charge in [0.2, 0.25) is 0 Å². The maximum Gasteiger partial charge on any atom is 0.387 e. The summed E-state index contributed by atoms with van der Waals surface area (Å²) in [5, 5.41) is 2.70. The Morgan fingerprint density at radius 2 is 1.71 bits per heavy atom. The number of hydrogen-bond donors (Lipinski definition) is 1. The summed E-state index contributed by atoms with van der Waals surface area (Å²) in [4.78, 5) is 44.5. The number of aryl methyl sites for hydroxylation is 2. The van der Waals surface area contributed by atoms with Crippen LogP contribution in [-0.2, 0) is 20.7 Å². The van der Waals surface area contributed by atoms with Crippen LogP contribution in [0.5, 0.6) is 5.75 Å². The molecule has 2 rings (SSSR count). The summed E-state index contributed by atoms with van der Waals surface area (Å²) in [5.41, 5.74) is 2.45. The Bertz CT molecular complexity index is 931. The number of amides is 2. The minimum atomic E-state index is -2.98. The van der Waals surface area contributed by atoms with Gasteiger partial charge in [-0.1, -0.05) is 11.8 Å². The summed E-state index contributed by atoms with van der Waals surface area (Å²) in [6.45, 7) is 0.0587. The second-order valence-corrected chi connectivity index (χ2v) is 7.07. The van der Waals surface area contributed by atoms with Crippen molar-refractivity contribution in [3.05, 3.63) is 46.8 Å². The minimum absolute atomic E-state index is 0.0243. The number of carbonyl (C=O) groups excluding carboxylic acids is 3. The number of nitrogens with one attached hydrogen (secondary N) is 1. The van der Waals surface area contributed by atoms with Crippen molar-refractivity contribution < 1.29 is 32.6 Å². The Morgan fingerprint density at radius 3 is 2.26 bits per heavy atom. The van der Waals surface area contributed by atoms with Gasteiger partial charge in [0.1, 0.15) is 5.75 Å². The van der Waals surface area contributed by atoms with Gasteiger partial charge in [0, 0.05) is 23.4 Å². The van der Waals surface area contributed by atoms with Gasteiger partial charge in [-0.3, -0.25) is 19.7 Å². The molecule has 0 saturated heterocycles. The van der Waals surface area contributed by atoms with Gasteiger partial charge in [-0.05, 0) is 56.4 Å². The van der Waals surface area contributed by atoms with Gasteiger partial charge in [0.15, 0.2) is 11.8 Å². The molecule has 0 radical (unpaired) electrons. The number of halogens is 2. The third-order valence-electron chi connectivity index (χ3n) is 4.12. The van der Waals surface area contributed by atoms with Crippen LogP contribution >= 0.6 is 11.8 Å². The van der Waals surface area contributed by atoms with Crippen LogP contribution < -0.4 is 10.1 Å². The molecule has 0 aliphatic carbocycles. The lowest BCUT2D eigenvalue weighted by Gasteiger charge is -2.10. The first kappa shape index (κ1) is 24.2. The topological polar surface area (TPSA) is 107 Å². The third-order valence-corrected chi connectivity index (χ3v) is 4.67. The van der Waals surface area contributed by atoms with Crippen molar-refractivity contribution in [1.29, 1.82) is 0 Å². The molecule has 0 spiro atoms. The first-order valence-electron chi connectivity index (χ1n) is 9.12. The van der Waals surface area contributed by atoms with E-state index in [2.05, 4.69) is 20.0 Å². The smallest absolute Gasteiger partial charge is 0.387 e. The summed E-state index contributed by atoms with van der Waals surface area (Å²) >= 11 is 1.43. The summed E-state index contributed by atoms with van der Waals surface area (Å²) in [5.74, 6) is -2.30. The van der Waals surface area contributed by atoms with Crippen LogP contribution in [0, 0.1) is 13.8 Å². The molecule has 1 N–H and O–H groups in total. The van der Waals surface area contributed by atoms with Crippen LogP contribution in [0.25, 0.3) is 0 Å². The van der Waals surface area contributed by atoms with Crippen LogP contribution in [0.3, 0.4) is 0 Å². The number of imide groups is 1. The number of esters is 1. The number of aromatic nitrogens is 2. The van der Waals surface area contributed by atoms with E-state index in [9.17, 15) is 23.2 Å². The molecule has 0 saturated carbocycles. The number of hydrogen-bond acceptors (Lipinski definition) is 8. The van der Waals surface area contributed by atoms with Crippen LogP contribution in [0.15, 0.2) is 29.4 Å². The summed E-state index contributed by atoms with van der Waals surface area (Å²) in [7, 11) is 0. The van der Waals surface area contributed by atoms with Crippen molar-refractivity contribution in [3.8, 4) is 5.75 Å². The zero-order chi connectivity index (χ0) is 23.0. The average Bonchev–Trinajstić information content (AvgIpc) is 2.71. The van der Waals surface area contributed by atoms with E-state index in [1.807, 2.05) is 20.1 Å². The number of nitrogens with zero attached hydrogens (tertiary/aromatic N) is 2. The standard InChI is InChI=1S/C20H21F2N3O5S/c1-11-15(12(2)24-20(23-11)31-3)8-9-17(27)29-10-16(26)25-18(28)13-4-6-14(7-5-13)30-19(21)22/h4-7,19H,8-10H2,1-3H3,(H,25,26,28). The van der Waals surface area contributed by atoms with Gasteiger partial charge in [0.25, 0.3) is 11.8 Å². The highest BCUT2D eigenvalue weighted by Crippen LogP contribution is 2.17. The second kappa shape index (κ2) is 11.3. The molecule has 1 heterocycles. The van der Waals surface area contributed by atoms with E-state index in [0.29, 0.717) is 11.6 Å². The molecular formula is C20H21F2N3O5S. The molecule has 2 aromatic rings. The first-order chi connectivity index (χ1) is 14.7. The number of alkyl halides is 2. The number of ether oxygens (including phenoxy) is 2. The monoisotopic (exact) mass is 453 g/mol. The Balaban J connectivity index is 1.79. The Morgan fingerprint density at radius 1 is 1.10 bits per heavy atom. The SMILES string of the molecule is CSc1nc(C)c(CCC(=O)OCC(=O)NC(=O)c2ccc(OC(F)F)cc2)c(C)n1. The fourth-order valence-corrected chi connectivity index (χ4v) is 3.09. The molecule has 0 unspecified atom stereocenters. The Hall–Kier alpha value is -3.08. The number of rotatable bonds is 9. The van der Waals surface area contributed by atoms with E-state index in [1.165, 1.54) is 36.0 Å². The molecule has 166 valence electrons. The lowest BCUT2D eigenvalue weighted by atomic mass is 10.1. The normalized spacial score (nSPS) is 10.6. The molecule has 31 heavy (non-hydrogen) atoms. The molecule has 8 nitrogen and oxygen atoms in total. The number of carbonyl (C=O) groups is 3. The highest BCUT2D eigenvalue weighted by atomic mass is 32.2. The molecule has 1 aromatic heterocycles. The van der Waals surface area contributed by atoms with Crippen molar-refractivity contribution >= 4 is 29.5 Å². The van der Waals surface area contributed by atoms with Crippen molar-refractivity contribution in [1.82, 2.24) is 15.3 Å². The molecule has 0 atom stereocenters. The first-order valence-corrected chi connectivity index (χ1v) is 10.3. The van der Waals surface area contributed by atoms with Gasteiger partial charge in [-0.15, -0.1) is 0 Å². The van der Waals surface area contributed by atoms with Gasteiger partial charge in [-0.2, -0.15) is 8.78 Å². The largest absolute Gasteiger partial charge is 0.456 e. The average molecular weight is 453 g/mol. The van der Waals surface area contributed by atoms with Gasteiger partial charge < -0.3 is 9.47 Å². The van der Waals surface area contributed by atoms with E-state index >= 15 is 0 Å². The number of benzene rings is 1. The molecule has 0 aliphatic rings. The fraction of sp³-hybridized carbons (Fsp3) is 0.350. The molecule has 2 amide bonds. The molecular weight excluding hydrogens is 432 g/mol. The summed E-state index contributed by atoms with van der Waals surface area (Å²) < 4.78 is 33.3. The summed E-state index contributed by atoms with van der Waals surface area (Å²) in [6.07, 6.45) is 2.26. The highest BCUT2D eigenvalue weighted by molar-refractivity contribution is 7.98. The Kier molecular flexibility index (Phi) is 8.86. The Labute approximate surface area is 181 Å². The van der Waals surface area contributed by atoms with Crippen molar-refractivity contribution in [3.63, 3.8) is 0 Å². The molecule has 11 heteroatoms. The van der Waals surface area contributed by atoms with Crippen LogP contribution in [0.1, 0.15) is 33.7 Å². The van der Waals surface area contributed by atoms with E-state index in [0.717, 1.165) is 17.0 Å². The quantitative estimate of drug-likeness (QED) is 0.351. The predicted octanol–water partition coefficient (Wildman–Crippen LogP) is 2.85. The summed E-state index contributed by atoms with van der Waals surface area (Å²) in [6, 6.07) is 4.79. The van der Waals surface area contributed by atoms with Crippen molar-refractivity contribution in [2.75, 3.05) is 12.9 Å². The van der Waals surface area contributed by atoms with Crippen molar-refractivity contribution in [2.45, 2.75) is 38.5 Å². The van der Waals surface area contributed by atoms with Gasteiger partial charge in [-0.25, -0.2) is 9.97 Å². The van der Waals surface area contributed by atoms with E-state index < -0.39 is 31.0 Å². The van der Waals surface area contributed by atoms with Crippen LogP contribution in [0.2, 0.25) is 0 Å². The molecule has 1 aromatic carbocycles. The molecule has 0 aliphatic heterocycles. The lowest BCUT2D eigenvalue weighted by molar-refractivity contribution is -0.148. The second-order valence-electron chi connectivity index (χ2n) is 6.30. The minimum Gasteiger partial charge on any atom is -0.456 e. The van der Waals surface area contributed by atoms with Crippen molar-refractivity contribution in [2.24, 2.45) is 0 Å². The zero-order valence-corrected chi connectivity index (χ0v) is 17.9. The molecule has 0 fully saturated rings. The van der Waals surface area contributed by atoms with Crippen LogP contribution in [0.4, 0.5) is 8.78 Å². The lowest BCUT2D eigenvalue weighted by Crippen LogP contribution is -2.34. The van der Waals surface area contributed by atoms with E-state index in [4.69, 9.17) is 4.74 Å². The number of thioether (sulfide) groups is 1. The van der Waals surface area contributed by atoms with Gasteiger partial charge >= 0.3 is 12.6 Å². The van der Waals surface area contributed by atoms with Gasteiger partial charge in [0.05, 0.1) is 0 Å². The maximum atomic E-state index is 12.1. The third kappa shape index (κ3) is 7.59. The van der Waals surface area contributed by atoms with Crippen LogP contribution in [-0.4, -0.2) is 47.2 Å². The molecule has 0 bridgehead atoms. The fourth-order valence-electron chi connectivity index (χ4n) is 2.63. The van der Waals surface area contributed by atoms with E-state index in [1.54, 1.807) is 0 Å². The zero-order valence-electron chi connectivity index (χ0n) is 17.1. The highest BCUT2D eigenvalue weighted by Gasteiger charge is 2.15. The maximum absolute atomic E-state index is 12.1.